The van der Waals surface area contributed by atoms with Crippen molar-refractivity contribution in [2.24, 2.45) is 0 Å². The van der Waals surface area contributed by atoms with Gasteiger partial charge in [-0.2, -0.15) is 0 Å². The first kappa shape index (κ1) is 16.5. The predicted octanol–water partition coefficient (Wildman–Crippen LogP) is 5.35. The van der Waals surface area contributed by atoms with E-state index in [1.807, 2.05) is 6.07 Å². The molecular weight excluding hydrogens is 346 g/mol. The lowest BCUT2D eigenvalue weighted by Crippen LogP contribution is -2.23. The lowest BCUT2D eigenvalue weighted by Gasteiger charge is -2.20. The zero-order valence-electron chi connectivity index (χ0n) is 12.5. The molecule has 2 aromatic carbocycles. The van der Waals surface area contributed by atoms with E-state index in [0.717, 1.165) is 29.0 Å². The van der Waals surface area contributed by atoms with Crippen LogP contribution in [0.1, 0.15) is 29.5 Å². The van der Waals surface area contributed by atoms with Crippen LogP contribution in [-0.2, 0) is 6.42 Å². The van der Waals surface area contributed by atoms with Crippen LogP contribution in [-0.4, -0.2) is 13.1 Å². The Labute approximate surface area is 140 Å². The molecule has 0 aliphatic rings. The molecule has 3 heteroatoms. The van der Waals surface area contributed by atoms with Crippen molar-refractivity contribution in [1.29, 1.82) is 0 Å². The Morgan fingerprint density at radius 3 is 2.62 bits per heavy atom. The highest BCUT2D eigenvalue weighted by Crippen LogP contribution is 2.28. The van der Waals surface area contributed by atoms with Gasteiger partial charge in [0.15, 0.2) is 0 Å². The fraction of sp³-hybridized carbons (Fsp3) is 0.333. The van der Waals surface area contributed by atoms with Crippen molar-refractivity contribution in [1.82, 2.24) is 5.32 Å². The van der Waals surface area contributed by atoms with E-state index >= 15 is 0 Å². The third-order valence-corrected chi connectivity index (χ3v) is 4.60. The lowest BCUT2D eigenvalue weighted by atomic mass is 9.89. The summed E-state index contributed by atoms with van der Waals surface area (Å²) in [6, 6.07) is 14.8. The normalized spacial score (nSPS) is 12.4. The van der Waals surface area contributed by atoms with Gasteiger partial charge in [0.05, 0.1) is 0 Å². The summed E-state index contributed by atoms with van der Waals surface area (Å²) in [6.07, 6.45) is 0.948. The van der Waals surface area contributed by atoms with Gasteiger partial charge in [-0.05, 0) is 48.7 Å². The molecule has 1 nitrogen and oxygen atoms in total. The standard InChI is InChI=1S/C18H21BrClN/c1-3-21-12-15(17-7-5-4-6-13(17)2)10-14-8-9-16(19)11-18(14)20/h4-9,11,15,21H,3,10,12H2,1-2H3. The Bertz CT molecular complexity index is 598. The van der Waals surface area contributed by atoms with Crippen LogP contribution in [0.2, 0.25) is 5.02 Å². The van der Waals surface area contributed by atoms with E-state index in [4.69, 9.17) is 11.6 Å². The van der Waals surface area contributed by atoms with Crippen molar-refractivity contribution >= 4 is 27.5 Å². The van der Waals surface area contributed by atoms with Crippen molar-refractivity contribution in [2.75, 3.05) is 13.1 Å². The van der Waals surface area contributed by atoms with E-state index < -0.39 is 0 Å². The molecule has 0 bridgehead atoms. The van der Waals surface area contributed by atoms with Gasteiger partial charge < -0.3 is 5.32 Å². The van der Waals surface area contributed by atoms with Gasteiger partial charge in [-0.25, -0.2) is 0 Å². The van der Waals surface area contributed by atoms with Gasteiger partial charge in [-0.1, -0.05) is 64.8 Å². The van der Waals surface area contributed by atoms with Crippen molar-refractivity contribution in [3.8, 4) is 0 Å². The van der Waals surface area contributed by atoms with Gasteiger partial charge >= 0.3 is 0 Å². The van der Waals surface area contributed by atoms with Gasteiger partial charge in [0.2, 0.25) is 0 Å². The summed E-state index contributed by atoms with van der Waals surface area (Å²) in [5.41, 5.74) is 3.94. The molecule has 0 aliphatic carbocycles. The summed E-state index contributed by atoms with van der Waals surface area (Å²) < 4.78 is 1.02. The summed E-state index contributed by atoms with van der Waals surface area (Å²) in [5, 5.41) is 4.31. The van der Waals surface area contributed by atoms with Gasteiger partial charge in [-0.3, -0.25) is 0 Å². The molecule has 0 aromatic heterocycles. The molecule has 0 saturated heterocycles. The number of halogens is 2. The smallest absolute Gasteiger partial charge is 0.0449 e. The summed E-state index contributed by atoms with van der Waals surface area (Å²) in [6.45, 7) is 6.27. The Kier molecular flexibility index (Phi) is 6.28. The zero-order chi connectivity index (χ0) is 15.2. The highest BCUT2D eigenvalue weighted by Gasteiger charge is 2.15. The molecule has 2 rings (SSSR count). The molecule has 1 unspecified atom stereocenters. The molecule has 1 N–H and O–H groups in total. The Morgan fingerprint density at radius 1 is 1.19 bits per heavy atom. The summed E-state index contributed by atoms with van der Waals surface area (Å²) in [4.78, 5) is 0. The molecule has 1 atom stereocenters. The van der Waals surface area contributed by atoms with E-state index in [9.17, 15) is 0 Å². The second-order valence-corrected chi connectivity index (χ2v) is 6.62. The Balaban J connectivity index is 2.26. The van der Waals surface area contributed by atoms with E-state index in [1.54, 1.807) is 0 Å². The monoisotopic (exact) mass is 365 g/mol. The van der Waals surface area contributed by atoms with Crippen LogP contribution in [0.3, 0.4) is 0 Å². The number of nitrogens with one attached hydrogen (secondary N) is 1. The molecule has 2 aromatic rings. The number of aryl methyl sites for hydroxylation is 1. The first-order chi connectivity index (χ1) is 10.1. The molecule has 0 heterocycles. The Morgan fingerprint density at radius 2 is 1.95 bits per heavy atom. The summed E-state index contributed by atoms with van der Waals surface area (Å²) in [7, 11) is 0. The maximum absolute atomic E-state index is 6.38. The maximum Gasteiger partial charge on any atom is 0.0449 e. The van der Waals surface area contributed by atoms with Gasteiger partial charge in [0.25, 0.3) is 0 Å². The minimum Gasteiger partial charge on any atom is -0.316 e. The van der Waals surface area contributed by atoms with Crippen LogP contribution >= 0.6 is 27.5 Å². The molecule has 21 heavy (non-hydrogen) atoms. The SMILES string of the molecule is CCNCC(Cc1ccc(Br)cc1Cl)c1ccccc1C. The largest absolute Gasteiger partial charge is 0.316 e. The fourth-order valence-electron chi connectivity index (χ4n) is 2.61. The second kappa shape index (κ2) is 7.98. The average Bonchev–Trinajstić information content (AvgIpc) is 2.46. The fourth-order valence-corrected chi connectivity index (χ4v) is 3.36. The number of benzene rings is 2. The molecule has 0 aliphatic heterocycles. The lowest BCUT2D eigenvalue weighted by molar-refractivity contribution is 0.593. The Hall–Kier alpha value is -0.830. The van der Waals surface area contributed by atoms with Crippen LogP contribution in [0.5, 0.6) is 0 Å². The van der Waals surface area contributed by atoms with E-state index in [0.29, 0.717) is 5.92 Å². The van der Waals surface area contributed by atoms with E-state index in [1.165, 1.54) is 16.7 Å². The van der Waals surface area contributed by atoms with E-state index in [2.05, 4.69) is 71.5 Å². The van der Waals surface area contributed by atoms with Gasteiger partial charge in [0, 0.05) is 22.0 Å². The van der Waals surface area contributed by atoms with Crippen LogP contribution in [0.4, 0.5) is 0 Å². The maximum atomic E-state index is 6.38. The summed E-state index contributed by atoms with van der Waals surface area (Å²) in [5.74, 6) is 0.435. The summed E-state index contributed by atoms with van der Waals surface area (Å²) >= 11 is 9.85. The number of likely N-dealkylation sites (N-methyl/N-ethyl adjacent to an activating group) is 1. The highest BCUT2D eigenvalue weighted by molar-refractivity contribution is 9.10. The minimum absolute atomic E-state index is 0.435. The average molecular weight is 367 g/mol. The van der Waals surface area contributed by atoms with Crippen molar-refractivity contribution < 1.29 is 0 Å². The van der Waals surface area contributed by atoms with Crippen LogP contribution in [0.25, 0.3) is 0 Å². The van der Waals surface area contributed by atoms with Crippen molar-refractivity contribution in [2.45, 2.75) is 26.2 Å². The van der Waals surface area contributed by atoms with E-state index in [-0.39, 0.29) is 0 Å². The molecule has 0 radical (unpaired) electrons. The zero-order valence-corrected chi connectivity index (χ0v) is 14.8. The molecule has 112 valence electrons. The molecule has 0 fully saturated rings. The number of hydrogen-bond acceptors (Lipinski definition) is 1. The van der Waals surface area contributed by atoms with Crippen LogP contribution in [0.15, 0.2) is 46.9 Å². The quantitative estimate of drug-likeness (QED) is 0.727. The minimum atomic E-state index is 0.435. The van der Waals surface area contributed by atoms with Gasteiger partial charge in [-0.15, -0.1) is 0 Å². The highest BCUT2D eigenvalue weighted by atomic mass is 79.9. The number of hydrogen-bond donors (Lipinski definition) is 1. The van der Waals surface area contributed by atoms with Crippen molar-refractivity contribution in [3.63, 3.8) is 0 Å². The number of rotatable bonds is 6. The third kappa shape index (κ3) is 4.57. The third-order valence-electron chi connectivity index (χ3n) is 3.75. The predicted molar refractivity (Wildman–Crippen MR) is 95.3 cm³/mol. The molecule has 0 amide bonds. The molecule has 0 spiro atoms. The first-order valence-electron chi connectivity index (χ1n) is 7.32. The second-order valence-electron chi connectivity index (χ2n) is 5.30. The molecule has 0 saturated carbocycles. The van der Waals surface area contributed by atoms with Crippen molar-refractivity contribution in [3.05, 3.63) is 68.7 Å². The first-order valence-corrected chi connectivity index (χ1v) is 8.49. The molecular formula is C18H21BrClN. The van der Waals surface area contributed by atoms with Crippen LogP contribution < -0.4 is 5.32 Å². The van der Waals surface area contributed by atoms with Gasteiger partial charge in [0.1, 0.15) is 0 Å². The topological polar surface area (TPSA) is 12.0 Å². The van der Waals surface area contributed by atoms with Crippen LogP contribution in [0, 0.1) is 6.92 Å².